The first-order chi connectivity index (χ1) is 9.11. The van der Waals surface area contributed by atoms with Crippen molar-refractivity contribution in [1.82, 2.24) is 0 Å². The molecule has 1 N–H and O–H groups in total. The molecule has 100 valence electrons. The van der Waals surface area contributed by atoms with Gasteiger partial charge in [-0.25, -0.2) is 0 Å². The van der Waals surface area contributed by atoms with E-state index >= 15 is 0 Å². The molecule has 0 saturated heterocycles. The van der Waals surface area contributed by atoms with Crippen LogP contribution >= 0.6 is 11.6 Å². The van der Waals surface area contributed by atoms with Crippen molar-refractivity contribution in [2.75, 3.05) is 0 Å². The maximum Gasteiger partial charge on any atom is 0.146 e. The van der Waals surface area contributed by atoms with Gasteiger partial charge in [0, 0.05) is 5.56 Å². The van der Waals surface area contributed by atoms with E-state index in [1.165, 1.54) is 0 Å². The van der Waals surface area contributed by atoms with E-state index in [2.05, 4.69) is 0 Å². The average Bonchev–Trinajstić information content (AvgIpc) is 2.42. The van der Waals surface area contributed by atoms with Crippen LogP contribution in [0, 0.1) is 6.92 Å². The minimum absolute atomic E-state index is 0.528. The van der Waals surface area contributed by atoms with Crippen molar-refractivity contribution in [3.05, 3.63) is 58.6 Å². The van der Waals surface area contributed by atoms with Crippen LogP contribution in [0.2, 0.25) is 5.02 Å². The highest BCUT2D eigenvalue weighted by atomic mass is 35.5. The molecule has 0 spiro atoms. The summed E-state index contributed by atoms with van der Waals surface area (Å²) in [5.74, 6) is 1.25. The number of para-hydroxylation sites is 1. The predicted octanol–water partition coefficient (Wildman–Crippen LogP) is 4.88. The number of aliphatic hydroxyl groups excluding tert-OH is 1. The second-order valence-electron chi connectivity index (χ2n) is 4.50. The first-order valence-electron chi connectivity index (χ1n) is 6.32. The average molecular weight is 277 g/mol. The Labute approximate surface area is 118 Å². The number of benzene rings is 2. The van der Waals surface area contributed by atoms with Gasteiger partial charge in [0.05, 0.1) is 11.1 Å². The molecule has 2 nitrogen and oxygen atoms in total. The van der Waals surface area contributed by atoms with Crippen molar-refractivity contribution < 1.29 is 9.84 Å². The van der Waals surface area contributed by atoms with E-state index in [1.54, 1.807) is 0 Å². The first-order valence-corrected chi connectivity index (χ1v) is 6.70. The number of aliphatic hydroxyl groups is 1. The van der Waals surface area contributed by atoms with Gasteiger partial charge in [0.25, 0.3) is 0 Å². The molecule has 0 aliphatic rings. The summed E-state index contributed by atoms with van der Waals surface area (Å²) in [4.78, 5) is 0. The van der Waals surface area contributed by atoms with Crippen molar-refractivity contribution in [2.45, 2.75) is 26.4 Å². The van der Waals surface area contributed by atoms with Gasteiger partial charge in [-0.1, -0.05) is 42.8 Å². The summed E-state index contributed by atoms with van der Waals surface area (Å²) in [6.07, 6.45) is 0.113. The van der Waals surface area contributed by atoms with Crippen LogP contribution in [0.15, 0.2) is 42.5 Å². The fourth-order valence-electron chi connectivity index (χ4n) is 1.88. The van der Waals surface area contributed by atoms with Crippen LogP contribution in [-0.4, -0.2) is 5.11 Å². The minimum atomic E-state index is -0.528. The van der Waals surface area contributed by atoms with Gasteiger partial charge >= 0.3 is 0 Å². The molecule has 0 heterocycles. The van der Waals surface area contributed by atoms with Crippen LogP contribution in [0.5, 0.6) is 11.5 Å². The molecule has 0 amide bonds. The van der Waals surface area contributed by atoms with Crippen LogP contribution in [-0.2, 0) is 0 Å². The summed E-state index contributed by atoms with van der Waals surface area (Å²) in [5, 5.41) is 10.6. The van der Waals surface area contributed by atoms with Crippen LogP contribution in [0.3, 0.4) is 0 Å². The molecule has 2 aromatic rings. The van der Waals surface area contributed by atoms with Gasteiger partial charge in [0.1, 0.15) is 11.5 Å². The Bertz CT molecular complexity index is 566. The standard InChI is InChI=1S/C16H17ClO2/c1-3-14(18)12-6-4-5-7-15(12)19-16-10-11(2)8-9-13(16)17/h4-10,14,18H,3H2,1-2H3/t14-/m1/s1. The Morgan fingerprint density at radius 3 is 2.63 bits per heavy atom. The lowest BCUT2D eigenvalue weighted by atomic mass is 10.1. The molecule has 2 aromatic carbocycles. The molecule has 0 aliphatic heterocycles. The molecule has 2 rings (SSSR count). The molecular formula is C16H17ClO2. The predicted molar refractivity (Wildman–Crippen MR) is 78.0 cm³/mol. The maximum absolute atomic E-state index is 10.00. The van der Waals surface area contributed by atoms with E-state index < -0.39 is 6.10 Å². The SMILES string of the molecule is CC[C@@H](O)c1ccccc1Oc1cc(C)ccc1Cl. The Morgan fingerprint density at radius 2 is 1.89 bits per heavy atom. The first kappa shape index (κ1) is 13.9. The summed E-state index contributed by atoms with van der Waals surface area (Å²) in [6.45, 7) is 3.91. The largest absolute Gasteiger partial charge is 0.455 e. The second-order valence-corrected chi connectivity index (χ2v) is 4.91. The summed E-state index contributed by atoms with van der Waals surface area (Å²) in [5.41, 5.74) is 1.86. The molecule has 0 bridgehead atoms. The van der Waals surface area contributed by atoms with Gasteiger partial charge in [0.15, 0.2) is 0 Å². The van der Waals surface area contributed by atoms with E-state index in [0.29, 0.717) is 22.9 Å². The van der Waals surface area contributed by atoms with Crippen molar-refractivity contribution in [3.63, 3.8) is 0 Å². The highest BCUT2D eigenvalue weighted by molar-refractivity contribution is 6.32. The fourth-order valence-corrected chi connectivity index (χ4v) is 2.03. The zero-order valence-electron chi connectivity index (χ0n) is 11.1. The van der Waals surface area contributed by atoms with E-state index in [-0.39, 0.29) is 0 Å². The van der Waals surface area contributed by atoms with Crippen molar-refractivity contribution in [1.29, 1.82) is 0 Å². The molecular weight excluding hydrogens is 260 g/mol. The van der Waals surface area contributed by atoms with Gasteiger partial charge < -0.3 is 9.84 Å². The number of hydrogen-bond acceptors (Lipinski definition) is 2. The Kier molecular flexibility index (Phi) is 4.46. The number of rotatable bonds is 4. The van der Waals surface area contributed by atoms with Gasteiger partial charge in [0.2, 0.25) is 0 Å². The molecule has 19 heavy (non-hydrogen) atoms. The van der Waals surface area contributed by atoms with Gasteiger partial charge in [-0.05, 0) is 37.1 Å². The maximum atomic E-state index is 10.00. The zero-order valence-corrected chi connectivity index (χ0v) is 11.8. The van der Waals surface area contributed by atoms with E-state index in [1.807, 2.05) is 56.3 Å². The molecule has 0 radical (unpaired) electrons. The second kappa shape index (κ2) is 6.09. The smallest absolute Gasteiger partial charge is 0.146 e. The quantitative estimate of drug-likeness (QED) is 0.862. The van der Waals surface area contributed by atoms with Crippen molar-refractivity contribution in [2.24, 2.45) is 0 Å². The highest BCUT2D eigenvalue weighted by Gasteiger charge is 2.13. The van der Waals surface area contributed by atoms with Gasteiger partial charge in [-0.3, -0.25) is 0 Å². The lowest BCUT2D eigenvalue weighted by molar-refractivity contribution is 0.170. The Morgan fingerprint density at radius 1 is 1.16 bits per heavy atom. The summed E-state index contributed by atoms with van der Waals surface area (Å²) >= 11 is 6.12. The highest BCUT2D eigenvalue weighted by Crippen LogP contribution is 2.34. The van der Waals surface area contributed by atoms with Crippen molar-refractivity contribution in [3.8, 4) is 11.5 Å². The monoisotopic (exact) mass is 276 g/mol. The fraction of sp³-hybridized carbons (Fsp3) is 0.250. The summed E-state index contributed by atoms with van der Waals surface area (Å²) in [6, 6.07) is 13.1. The third-order valence-electron chi connectivity index (χ3n) is 2.97. The molecule has 0 aromatic heterocycles. The lowest BCUT2D eigenvalue weighted by Crippen LogP contribution is -1.98. The number of hydrogen-bond donors (Lipinski definition) is 1. The van der Waals surface area contributed by atoms with Gasteiger partial charge in [-0.15, -0.1) is 0 Å². The van der Waals surface area contributed by atoms with E-state index in [9.17, 15) is 5.11 Å². The summed E-state index contributed by atoms with van der Waals surface area (Å²) < 4.78 is 5.85. The van der Waals surface area contributed by atoms with Gasteiger partial charge in [-0.2, -0.15) is 0 Å². The van der Waals surface area contributed by atoms with Crippen LogP contribution < -0.4 is 4.74 Å². The Hall–Kier alpha value is -1.51. The number of aryl methyl sites for hydroxylation is 1. The molecule has 0 aliphatic carbocycles. The molecule has 0 fully saturated rings. The molecule has 0 saturated carbocycles. The third-order valence-corrected chi connectivity index (χ3v) is 3.28. The molecule has 1 atom stereocenters. The zero-order chi connectivity index (χ0) is 13.8. The normalized spacial score (nSPS) is 12.2. The van der Waals surface area contributed by atoms with Crippen LogP contribution in [0.4, 0.5) is 0 Å². The molecule has 0 unspecified atom stereocenters. The van der Waals surface area contributed by atoms with Crippen molar-refractivity contribution >= 4 is 11.6 Å². The van der Waals surface area contributed by atoms with E-state index in [4.69, 9.17) is 16.3 Å². The minimum Gasteiger partial charge on any atom is -0.455 e. The van der Waals surface area contributed by atoms with Crippen LogP contribution in [0.25, 0.3) is 0 Å². The summed E-state index contributed by atoms with van der Waals surface area (Å²) in [7, 11) is 0. The number of ether oxygens (including phenoxy) is 1. The van der Waals surface area contributed by atoms with Crippen LogP contribution in [0.1, 0.15) is 30.6 Å². The molecule has 3 heteroatoms. The van der Waals surface area contributed by atoms with E-state index in [0.717, 1.165) is 11.1 Å². The third kappa shape index (κ3) is 3.28. The lowest BCUT2D eigenvalue weighted by Gasteiger charge is -2.15. The Balaban J connectivity index is 2.35. The number of halogens is 1. The topological polar surface area (TPSA) is 29.5 Å².